The zero-order valence-electron chi connectivity index (χ0n) is 13.5. The fourth-order valence-corrected chi connectivity index (χ4v) is 2.66. The molecule has 0 saturated carbocycles. The topological polar surface area (TPSA) is 52.2 Å². The summed E-state index contributed by atoms with van der Waals surface area (Å²) in [6.45, 7) is 2.82. The zero-order valence-corrected chi connectivity index (χ0v) is 14.4. The van der Waals surface area contributed by atoms with E-state index in [2.05, 4.69) is 64.3 Å². The number of hydrazone groups is 1. The average molecular weight is 336 g/mol. The Morgan fingerprint density at radius 2 is 1.96 bits per heavy atom. The molecular weight excluding hydrogens is 316 g/mol. The Balaban J connectivity index is 1.45. The Bertz CT molecular complexity index is 849. The van der Waals surface area contributed by atoms with Crippen LogP contribution in [0.1, 0.15) is 16.7 Å². The molecule has 0 atom stereocenters. The first-order valence-electron chi connectivity index (χ1n) is 7.91. The monoisotopic (exact) mass is 336 g/mol. The molecule has 5 heteroatoms. The highest BCUT2D eigenvalue weighted by molar-refractivity contribution is 7.80. The first-order valence-corrected chi connectivity index (χ1v) is 8.32. The third-order valence-corrected chi connectivity index (χ3v) is 4.05. The van der Waals surface area contributed by atoms with Gasteiger partial charge in [-0.1, -0.05) is 48.0 Å². The minimum atomic E-state index is 0.526. The number of thiocarbonyl (C=S) groups is 1. The van der Waals surface area contributed by atoms with Crippen molar-refractivity contribution >= 4 is 34.4 Å². The molecule has 0 spiro atoms. The number of aromatic amines is 1. The van der Waals surface area contributed by atoms with Gasteiger partial charge in [-0.15, -0.1) is 0 Å². The van der Waals surface area contributed by atoms with Gasteiger partial charge in [-0.3, -0.25) is 5.43 Å². The van der Waals surface area contributed by atoms with Crippen LogP contribution in [0.2, 0.25) is 0 Å². The first kappa shape index (κ1) is 16.2. The smallest absolute Gasteiger partial charge is 0.186 e. The molecule has 0 fully saturated rings. The molecule has 2 aromatic carbocycles. The molecule has 3 N–H and O–H groups in total. The number of H-pyrrole nitrogens is 1. The number of nitrogens with one attached hydrogen (secondary N) is 3. The molecule has 0 saturated heterocycles. The van der Waals surface area contributed by atoms with Crippen molar-refractivity contribution in [1.82, 2.24) is 15.7 Å². The van der Waals surface area contributed by atoms with Crippen molar-refractivity contribution < 1.29 is 0 Å². The number of para-hydroxylation sites is 1. The Kier molecular flexibility index (Phi) is 5.23. The summed E-state index contributed by atoms with van der Waals surface area (Å²) >= 11 is 5.24. The Labute approximate surface area is 147 Å². The van der Waals surface area contributed by atoms with Gasteiger partial charge in [-0.05, 0) is 42.8 Å². The Hall–Kier alpha value is -2.66. The van der Waals surface area contributed by atoms with Gasteiger partial charge in [-0.25, -0.2) is 0 Å². The van der Waals surface area contributed by atoms with Gasteiger partial charge in [0.05, 0.1) is 6.21 Å². The van der Waals surface area contributed by atoms with Gasteiger partial charge in [0.15, 0.2) is 5.11 Å². The van der Waals surface area contributed by atoms with Crippen LogP contribution in [0.15, 0.2) is 59.8 Å². The summed E-state index contributed by atoms with van der Waals surface area (Å²) in [5, 5.41) is 9.11. The SMILES string of the molecule is Cc1ccc(/C=N/NC(=S)NCCc2c[nH]c3ccccc23)cc1. The van der Waals surface area contributed by atoms with Crippen LogP contribution < -0.4 is 10.7 Å². The molecule has 0 bridgehead atoms. The normalized spacial score (nSPS) is 11.0. The molecule has 0 amide bonds. The summed E-state index contributed by atoms with van der Waals surface area (Å²) in [6.07, 6.45) is 4.71. The van der Waals surface area contributed by atoms with Gasteiger partial charge in [0.25, 0.3) is 0 Å². The van der Waals surface area contributed by atoms with Crippen LogP contribution in [0.3, 0.4) is 0 Å². The predicted molar refractivity (Wildman–Crippen MR) is 105 cm³/mol. The summed E-state index contributed by atoms with van der Waals surface area (Å²) in [4.78, 5) is 3.28. The van der Waals surface area contributed by atoms with Gasteiger partial charge in [0.2, 0.25) is 0 Å². The van der Waals surface area contributed by atoms with Crippen LogP contribution in [0, 0.1) is 6.92 Å². The number of aryl methyl sites for hydroxylation is 1. The maximum Gasteiger partial charge on any atom is 0.186 e. The molecule has 3 rings (SSSR count). The predicted octanol–water partition coefficient (Wildman–Crippen LogP) is 3.52. The molecule has 0 unspecified atom stereocenters. The number of nitrogens with zero attached hydrogens (tertiary/aromatic N) is 1. The van der Waals surface area contributed by atoms with E-state index in [0.717, 1.165) is 24.0 Å². The summed E-state index contributed by atoms with van der Waals surface area (Å²) < 4.78 is 0. The fourth-order valence-electron chi connectivity index (χ4n) is 2.51. The van der Waals surface area contributed by atoms with E-state index in [1.54, 1.807) is 6.21 Å². The van der Waals surface area contributed by atoms with Crippen molar-refractivity contribution in [3.05, 3.63) is 71.4 Å². The lowest BCUT2D eigenvalue weighted by Crippen LogP contribution is -2.33. The second-order valence-electron chi connectivity index (χ2n) is 5.65. The molecule has 3 aromatic rings. The summed E-state index contributed by atoms with van der Waals surface area (Å²) in [5.74, 6) is 0. The van der Waals surface area contributed by atoms with Gasteiger partial charge in [0.1, 0.15) is 0 Å². The third kappa shape index (κ3) is 4.20. The maximum atomic E-state index is 5.24. The average Bonchev–Trinajstić information content (AvgIpc) is 3.00. The van der Waals surface area contributed by atoms with E-state index in [1.165, 1.54) is 16.5 Å². The number of benzene rings is 2. The van der Waals surface area contributed by atoms with Crippen molar-refractivity contribution in [3.63, 3.8) is 0 Å². The molecule has 4 nitrogen and oxygen atoms in total. The molecule has 1 aromatic heterocycles. The van der Waals surface area contributed by atoms with Crippen molar-refractivity contribution in [2.24, 2.45) is 5.10 Å². The van der Waals surface area contributed by atoms with E-state index in [-0.39, 0.29) is 0 Å². The summed E-state index contributed by atoms with van der Waals surface area (Å²) in [5.41, 5.74) is 7.56. The number of fused-ring (bicyclic) bond motifs is 1. The molecule has 122 valence electrons. The third-order valence-electron chi connectivity index (χ3n) is 3.81. The van der Waals surface area contributed by atoms with E-state index in [1.807, 2.05) is 18.2 Å². The summed E-state index contributed by atoms with van der Waals surface area (Å²) in [6, 6.07) is 16.5. The van der Waals surface area contributed by atoms with Crippen molar-refractivity contribution in [1.29, 1.82) is 0 Å². The van der Waals surface area contributed by atoms with Crippen molar-refractivity contribution in [2.75, 3.05) is 6.54 Å². The van der Waals surface area contributed by atoms with Gasteiger partial charge < -0.3 is 10.3 Å². The maximum absolute atomic E-state index is 5.24. The molecule has 0 aliphatic heterocycles. The number of rotatable bonds is 5. The first-order chi connectivity index (χ1) is 11.7. The molecule has 0 radical (unpaired) electrons. The van der Waals surface area contributed by atoms with Crippen molar-refractivity contribution in [2.45, 2.75) is 13.3 Å². The van der Waals surface area contributed by atoms with E-state index in [0.29, 0.717) is 5.11 Å². The lowest BCUT2D eigenvalue weighted by molar-refractivity contribution is 0.841. The zero-order chi connectivity index (χ0) is 16.8. The lowest BCUT2D eigenvalue weighted by Gasteiger charge is -2.06. The summed E-state index contributed by atoms with van der Waals surface area (Å²) in [7, 11) is 0. The molecule has 0 aliphatic carbocycles. The van der Waals surface area contributed by atoms with E-state index >= 15 is 0 Å². The highest BCUT2D eigenvalue weighted by Gasteiger charge is 2.02. The van der Waals surface area contributed by atoms with Crippen LogP contribution in [0.4, 0.5) is 0 Å². The standard InChI is InChI=1S/C19H20N4S/c1-14-6-8-15(9-7-14)12-22-23-19(24)20-11-10-16-13-21-18-5-3-2-4-17(16)18/h2-9,12-13,21H,10-11H2,1H3,(H2,20,23,24)/b22-12+. The van der Waals surface area contributed by atoms with Gasteiger partial charge in [0, 0.05) is 23.6 Å². The minimum absolute atomic E-state index is 0.526. The van der Waals surface area contributed by atoms with Crippen LogP contribution in [-0.2, 0) is 6.42 Å². The van der Waals surface area contributed by atoms with Gasteiger partial charge >= 0.3 is 0 Å². The number of hydrogen-bond donors (Lipinski definition) is 3. The fraction of sp³-hybridized carbons (Fsp3) is 0.158. The second kappa shape index (κ2) is 7.75. The number of hydrogen-bond acceptors (Lipinski definition) is 2. The van der Waals surface area contributed by atoms with Crippen LogP contribution in [-0.4, -0.2) is 22.9 Å². The van der Waals surface area contributed by atoms with E-state index in [4.69, 9.17) is 12.2 Å². The van der Waals surface area contributed by atoms with Crippen molar-refractivity contribution in [3.8, 4) is 0 Å². The molecule has 24 heavy (non-hydrogen) atoms. The van der Waals surface area contributed by atoms with E-state index in [9.17, 15) is 0 Å². The quantitative estimate of drug-likeness (QED) is 0.380. The van der Waals surface area contributed by atoms with Gasteiger partial charge in [-0.2, -0.15) is 5.10 Å². The number of aromatic nitrogens is 1. The largest absolute Gasteiger partial charge is 0.361 e. The highest BCUT2D eigenvalue weighted by Crippen LogP contribution is 2.17. The minimum Gasteiger partial charge on any atom is -0.361 e. The van der Waals surface area contributed by atoms with Crippen LogP contribution in [0.25, 0.3) is 10.9 Å². The molecule has 0 aliphatic rings. The Morgan fingerprint density at radius 3 is 2.79 bits per heavy atom. The lowest BCUT2D eigenvalue weighted by atomic mass is 10.1. The Morgan fingerprint density at radius 1 is 1.17 bits per heavy atom. The van der Waals surface area contributed by atoms with Crippen LogP contribution in [0.5, 0.6) is 0 Å². The highest BCUT2D eigenvalue weighted by atomic mass is 32.1. The molecular formula is C19H20N4S. The second-order valence-corrected chi connectivity index (χ2v) is 6.05. The van der Waals surface area contributed by atoms with E-state index < -0.39 is 0 Å². The van der Waals surface area contributed by atoms with Crippen LogP contribution >= 0.6 is 12.2 Å². The molecule has 1 heterocycles.